The standard InChI is InChI=1S/C16H36OP2S2/c1-5-9-13-18(20,14-10-6-2)17-19(21,15-11-7-3)16-12-8-4/h5-16H2,1-4H3. The van der Waals surface area contributed by atoms with Gasteiger partial charge in [0.2, 0.25) is 0 Å². The van der Waals surface area contributed by atoms with E-state index in [1.807, 2.05) is 0 Å². The predicted molar refractivity (Wildman–Crippen MR) is 109 cm³/mol. The van der Waals surface area contributed by atoms with Crippen molar-refractivity contribution in [3.05, 3.63) is 0 Å². The zero-order chi connectivity index (χ0) is 16.2. The van der Waals surface area contributed by atoms with E-state index in [2.05, 4.69) is 27.7 Å². The van der Waals surface area contributed by atoms with Crippen molar-refractivity contribution < 1.29 is 4.31 Å². The van der Waals surface area contributed by atoms with Crippen LogP contribution >= 0.6 is 12.5 Å². The highest BCUT2D eigenvalue weighted by atomic mass is 32.5. The highest BCUT2D eigenvalue weighted by Crippen LogP contribution is 2.65. The van der Waals surface area contributed by atoms with Crippen molar-refractivity contribution in [1.82, 2.24) is 0 Å². The van der Waals surface area contributed by atoms with Crippen LogP contribution in [0.4, 0.5) is 0 Å². The lowest BCUT2D eigenvalue weighted by molar-refractivity contribution is 0.645. The second kappa shape index (κ2) is 12.7. The van der Waals surface area contributed by atoms with E-state index < -0.39 is 12.5 Å². The molecule has 0 rings (SSSR count). The maximum atomic E-state index is 6.69. The fraction of sp³-hybridized carbons (Fsp3) is 1.00. The second-order valence-electron chi connectivity index (χ2n) is 6.02. The first-order chi connectivity index (χ1) is 9.95. The maximum absolute atomic E-state index is 6.69. The third kappa shape index (κ3) is 10.6. The average Bonchev–Trinajstić information content (AvgIpc) is 2.47. The molecule has 1 nitrogen and oxygen atoms in total. The normalized spacial score (nSPS) is 12.8. The zero-order valence-corrected chi connectivity index (χ0v) is 18.0. The van der Waals surface area contributed by atoms with E-state index in [1.54, 1.807) is 0 Å². The Morgan fingerprint density at radius 3 is 1.00 bits per heavy atom. The van der Waals surface area contributed by atoms with Crippen LogP contribution in [0.2, 0.25) is 0 Å². The van der Waals surface area contributed by atoms with Crippen LogP contribution in [0.5, 0.6) is 0 Å². The number of hydrogen-bond acceptors (Lipinski definition) is 3. The van der Waals surface area contributed by atoms with Gasteiger partial charge in [0.25, 0.3) is 0 Å². The third-order valence-corrected chi connectivity index (χ3v) is 13.5. The minimum Gasteiger partial charge on any atom is -0.321 e. The Hall–Kier alpha value is 1.26. The fourth-order valence-electron chi connectivity index (χ4n) is 2.25. The number of unbranched alkanes of at least 4 members (excludes halogenated alkanes) is 4. The summed E-state index contributed by atoms with van der Waals surface area (Å²) >= 11 is 12.1. The Balaban J connectivity index is 4.90. The van der Waals surface area contributed by atoms with E-state index in [0.29, 0.717) is 0 Å². The Labute approximate surface area is 144 Å². The number of hydrogen-bond donors (Lipinski definition) is 0. The van der Waals surface area contributed by atoms with E-state index >= 15 is 0 Å². The van der Waals surface area contributed by atoms with Crippen LogP contribution in [0.1, 0.15) is 79.1 Å². The van der Waals surface area contributed by atoms with E-state index in [9.17, 15) is 0 Å². The van der Waals surface area contributed by atoms with Crippen molar-refractivity contribution in [2.45, 2.75) is 79.1 Å². The van der Waals surface area contributed by atoms with Crippen LogP contribution in [0.25, 0.3) is 0 Å². The summed E-state index contributed by atoms with van der Waals surface area (Å²) in [5, 5.41) is 0. The van der Waals surface area contributed by atoms with Crippen molar-refractivity contribution >= 4 is 36.1 Å². The Bertz CT molecular complexity index is 289. The molecule has 0 aliphatic heterocycles. The van der Waals surface area contributed by atoms with Gasteiger partial charge in [-0.15, -0.1) is 0 Å². The lowest BCUT2D eigenvalue weighted by atomic mass is 10.4. The van der Waals surface area contributed by atoms with Crippen LogP contribution in [0.3, 0.4) is 0 Å². The van der Waals surface area contributed by atoms with Crippen molar-refractivity contribution in [2.75, 3.05) is 24.6 Å². The van der Waals surface area contributed by atoms with Crippen molar-refractivity contribution in [3.63, 3.8) is 0 Å². The van der Waals surface area contributed by atoms with Crippen LogP contribution in [-0.4, -0.2) is 24.6 Å². The molecular weight excluding hydrogens is 334 g/mol. The van der Waals surface area contributed by atoms with Crippen molar-refractivity contribution in [2.24, 2.45) is 0 Å². The predicted octanol–water partition coefficient (Wildman–Crippen LogP) is 6.99. The SMILES string of the molecule is CCCCP(=S)(CCCC)OP(=S)(CCCC)CCCC. The molecule has 0 aliphatic rings. The summed E-state index contributed by atoms with van der Waals surface area (Å²) in [5.74, 6) is 0. The highest BCUT2D eigenvalue weighted by Gasteiger charge is 2.26. The molecule has 0 aromatic heterocycles. The van der Waals surface area contributed by atoms with Gasteiger partial charge in [-0.25, -0.2) is 0 Å². The highest BCUT2D eigenvalue weighted by molar-refractivity contribution is 8.19. The monoisotopic (exact) mass is 370 g/mol. The molecule has 0 fully saturated rings. The lowest BCUT2D eigenvalue weighted by Crippen LogP contribution is -2.04. The summed E-state index contributed by atoms with van der Waals surface area (Å²) in [5.41, 5.74) is 0. The summed E-state index contributed by atoms with van der Waals surface area (Å²) in [6.45, 7) is 8.96. The van der Waals surface area contributed by atoms with Crippen LogP contribution in [0.15, 0.2) is 0 Å². The van der Waals surface area contributed by atoms with Crippen molar-refractivity contribution in [3.8, 4) is 0 Å². The van der Waals surface area contributed by atoms with Crippen LogP contribution < -0.4 is 0 Å². The molecule has 128 valence electrons. The van der Waals surface area contributed by atoms with Gasteiger partial charge in [-0.05, 0) is 50.3 Å². The molecule has 0 unspecified atom stereocenters. The molecule has 0 N–H and O–H groups in total. The van der Waals surface area contributed by atoms with Gasteiger partial charge in [-0.1, -0.05) is 77.0 Å². The van der Waals surface area contributed by atoms with Crippen molar-refractivity contribution in [1.29, 1.82) is 0 Å². The molecule has 0 saturated heterocycles. The van der Waals surface area contributed by atoms with Gasteiger partial charge in [-0.2, -0.15) is 0 Å². The Kier molecular flexibility index (Phi) is 13.4. The molecule has 0 spiro atoms. The number of rotatable bonds is 14. The molecule has 21 heavy (non-hydrogen) atoms. The topological polar surface area (TPSA) is 9.23 Å². The van der Waals surface area contributed by atoms with Gasteiger partial charge in [0.15, 0.2) is 0 Å². The van der Waals surface area contributed by atoms with Crippen LogP contribution in [0, 0.1) is 0 Å². The molecule has 0 aliphatic carbocycles. The molecule has 5 heteroatoms. The second-order valence-corrected chi connectivity index (χ2v) is 15.7. The van der Waals surface area contributed by atoms with Crippen LogP contribution in [-0.2, 0) is 27.9 Å². The molecular formula is C16H36OP2S2. The first-order valence-electron chi connectivity index (χ1n) is 8.82. The Morgan fingerprint density at radius 1 is 0.571 bits per heavy atom. The summed E-state index contributed by atoms with van der Waals surface area (Å²) in [6, 6.07) is 0. The minimum absolute atomic E-state index is 1.11. The largest absolute Gasteiger partial charge is 0.321 e. The lowest BCUT2D eigenvalue weighted by Gasteiger charge is -2.31. The van der Waals surface area contributed by atoms with E-state index in [0.717, 1.165) is 24.6 Å². The van der Waals surface area contributed by atoms with E-state index in [1.165, 1.54) is 51.4 Å². The molecule has 0 heterocycles. The quantitative estimate of drug-likeness (QED) is 0.305. The summed E-state index contributed by atoms with van der Waals surface area (Å²) in [6.07, 6.45) is 10.7. The summed E-state index contributed by atoms with van der Waals surface area (Å²) in [7, 11) is 0. The summed E-state index contributed by atoms with van der Waals surface area (Å²) in [4.78, 5) is 0. The molecule has 0 aromatic rings. The van der Waals surface area contributed by atoms with Gasteiger partial charge >= 0.3 is 0 Å². The molecule has 0 atom stereocenters. The maximum Gasteiger partial charge on any atom is 0.0730 e. The minimum atomic E-state index is -1.68. The molecule has 0 amide bonds. The van der Waals surface area contributed by atoms with E-state index in [4.69, 9.17) is 27.9 Å². The van der Waals surface area contributed by atoms with Gasteiger partial charge in [0, 0.05) is 0 Å². The third-order valence-electron chi connectivity index (χ3n) is 3.71. The van der Waals surface area contributed by atoms with Gasteiger partial charge in [0.1, 0.15) is 0 Å². The smallest absolute Gasteiger partial charge is 0.0730 e. The van der Waals surface area contributed by atoms with Gasteiger partial charge in [-0.3, -0.25) is 0 Å². The van der Waals surface area contributed by atoms with E-state index in [-0.39, 0.29) is 0 Å². The zero-order valence-electron chi connectivity index (χ0n) is 14.6. The first kappa shape index (κ1) is 22.3. The first-order valence-corrected chi connectivity index (χ1v) is 15.0. The molecule has 0 bridgehead atoms. The Morgan fingerprint density at radius 2 is 0.810 bits per heavy atom. The summed E-state index contributed by atoms with van der Waals surface area (Å²) < 4.78 is 6.69. The van der Waals surface area contributed by atoms with Gasteiger partial charge in [0.05, 0.1) is 12.5 Å². The molecule has 0 saturated carbocycles. The van der Waals surface area contributed by atoms with Gasteiger partial charge < -0.3 is 4.31 Å². The average molecular weight is 371 g/mol. The molecule has 0 aromatic carbocycles. The fourth-order valence-corrected chi connectivity index (χ4v) is 13.6. The molecule has 0 radical (unpaired) electrons.